The highest BCUT2D eigenvalue weighted by molar-refractivity contribution is 5.76. The average Bonchev–Trinajstić information content (AvgIpc) is 3.10. The van der Waals surface area contributed by atoms with Crippen molar-refractivity contribution < 1.29 is 13.7 Å². The second-order valence-electron chi connectivity index (χ2n) is 6.24. The monoisotopic (exact) mass is 346 g/mol. The van der Waals surface area contributed by atoms with Gasteiger partial charge in [0.1, 0.15) is 5.82 Å². The van der Waals surface area contributed by atoms with Crippen LogP contribution in [-0.4, -0.2) is 58.6 Å². The molecule has 6 nitrogen and oxygen atoms in total. The van der Waals surface area contributed by atoms with E-state index in [4.69, 9.17) is 4.52 Å². The Morgan fingerprint density at radius 2 is 1.92 bits per heavy atom. The van der Waals surface area contributed by atoms with E-state index in [1.807, 2.05) is 4.90 Å². The molecule has 7 heteroatoms. The van der Waals surface area contributed by atoms with E-state index >= 15 is 0 Å². The molecule has 2 heterocycles. The number of nitrogens with zero attached hydrogens (tertiary/aromatic N) is 4. The van der Waals surface area contributed by atoms with Crippen LogP contribution in [0.2, 0.25) is 0 Å². The van der Waals surface area contributed by atoms with Gasteiger partial charge in [-0.15, -0.1) is 0 Å². The number of halogens is 1. The molecule has 0 unspecified atom stereocenters. The largest absolute Gasteiger partial charge is 0.340 e. The first-order valence-electron chi connectivity index (χ1n) is 8.74. The van der Waals surface area contributed by atoms with Crippen LogP contribution < -0.4 is 0 Å². The molecule has 0 spiro atoms. The maximum atomic E-state index is 13.0. The molecule has 1 amide bonds. The molecule has 1 aliphatic rings. The lowest BCUT2D eigenvalue weighted by molar-refractivity contribution is -0.133. The molecule has 134 valence electrons. The lowest BCUT2D eigenvalue weighted by atomic mass is 10.2. The van der Waals surface area contributed by atoms with Crippen LogP contribution in [0.5, 0.6) is 0 Å². The van der Waals surface area contributed by atoms with Gasteiger partial charge in [0.15, 0.2) is 0 Å². The minimum absolute atomic E-state index is 0.123. The van der Waals surface area contributed by atoms with Crippen molar-refractivity contribution in [2.75, 3.05) is 32.7 Å². The number of benzene rings is 1. The van der Waals surface area contributed by atoms with Crippen LogP contribution >= 0.6 is 0 Å². The summed E-state index contributed by atoms with van der Waals surface area (Å²) in [6.07, 6.45) is 1.92. The predicted molar refractivity (Wildman–Crippen MR) is 91.3 cm³/mol. The fourth-order valence-corrected chi connectivity index (χ4v) is 2.98. The van der Waals surface area contributed by atoms with Gasteiger partial charge in [-0.3, -0.25) is 9.69 Å². The molecule has 0 radical (unpaired) electrons. The minimum Gasteiger partial charge on any atom is -0.340 e. The second-order valence-corrected chi connectivity index (χ2v) is 6.24. The quantitative estimate of drug-likeness (QED) is 0.803. The standard InChI is InChI=1S/C18H23FN4O2/c1-2-9-22-10-12-23(13-11-22)17(24)8-7-16-20-18(21-25-16)14-3-5-15(19)6-4-14/h3-6H,2,7-13H2,1H3. The van der Waals surface area contributed by atoms with Crippen LogP contribution in [0.3, 0.4) is 0 Å². The van der Waals surface area contributed by atoms with E-state index in [1.165, 1.54) is 12.1 Å². The fraction of sp³-hybridized carbons (Fsp3) is 0.500. The summed E-state index contributed by atoms with van der Waals surface area (Å²) in [6, 6.07) is 5.91. The molecule has 3 rings (SSSR count). The first-order valence-corrected chi connectivity index (χ1v) is 8.74. The van der Waals surface area contributed by atoms with Gasteiger partial charge in [0.05, 0.1) is 0 Å². The zero-order chi connectivity index (χ0) is 17.6. The number of amides is 1. The van der Waals surface area contributed by atoms with Crippen LogP contribution in [0, 0.1) is 5.82 Å². The number of piperazine rings is 1. The number of carbonyl (C=O) groups is 1. The Morgan fingerprint density at radius 3 is 2.60 bits per heavy atom. The molecular weight excluding hydrogens is 323 g/mol. The zero-order valence-corrected chi connectivity index (χ0v) is 14.4. The van der Waals surface area contributed by atoms with Gasteiger partial charge in [-0.1, -0.05) is 12.1 Å². The van der Waals surface area contributed by atoms with Crippen molar-refractivity contribution in [1.29, 1.82) is 0 Å². The third-order valence-corrected chi connectivity index (χ3v) is 4.39. The van der Waals surface area contributed by atoms with Crippen molar-refractivity contribution in [3.8, 4) is 11.4 Å². The average molecular weight is 346 g/mol. The maximum absolute atomic E-state index is 13.0. The van der Waals surface area contributed by atoms with Gasteiger partial charge in [0.25, 0.3) is 0 Å². The summed E-state index contributed by atoms with van der Waals surface area (Å²) >= 11 is 0. The maximum Gasteiger partial charge on any atom is 0.227 e. The molecular formula is C18H23FN4O2. The highest BCUT2D eigenvalue weighted by Gasteiger charge is 2.21. The molecule has 0 aliphatic carbocycles. The molecule has 1 aromatic carbocycles. The fourth-order valence-electron chi connectivity index (χ4n) is 2.98. The van der Waals surface area contributed by atoms with Crippen molar-refractivity contribution in [1.82, 2.24) is 19.9 Å². The van der Waals surface area contributed by atoms with Gasteiger partial charge in [-0.2, -0.15) is 4.98 Å². The van der Waals surface area contributed by atoms with E-state index in [1.54, 1.807) is 12.1 Å². The Hall–Kier alpha value is -2.28. The number of aryl methyl sites for hydroxylation is 1. The molecule has 0 bridgehead atoms. The zero-order valence-electron chi connectivity index (χ0n) is 14.4. The Balaban J connectivity index is 1.49. The molecule has 1 fully saturated rings. The molecule has 25 heavy (non-hydrogen) atoms. The van der Waals surface area contributed by atoms with Crippen LogP contribution in [-0.2, 0) is 11.2 Å². The summed E-state index contributed by atoms with van der Waals surface area (Å²) in [5.41, 5.74) is 0.690. The second kappa shape index (κ2) is 8.20. The van der Waals surface area contributed by atoms with E-state index in [2.05, 4.69) is 22.0 Å². The summed E-state index contributed by atoms with van der Waals surface area (Å²) in [7, 11) is 0. The Labute approximate surface area is 146 Å². The van der Waals surface area contributed by atoms with Gasteiger partial charge in [-0.25, -0.2) is 4.39 Å². The van der Waals surface area contributed by atoms with E-state index in [0.29, 0.717) is 30.1 Å². The smallest absolute Gasteiger partial charge is 0.227 e. The molecule has 1 aliphatic heterocycles. The number of carbonyl (C=O) groups excluding carboxylic acids is 1. The number of hydrogen-bond acceptors (Lipinski definition) is 5. The molecule has 1 aromatic heterocycles. The highest BCUT2D eigenvalue weighted by atomic mass is 19.1. The summed E-state index contributed by atoms with van der Waals surface area (Å²) in [5.74, 6) is 0.655. The summed E-state index contributed by atoms with van der Waals surface area (Å²) in [6.45, 7) is 6.70. The van der Waals surface area contributed by atoms with Crippen LogP contribution in [0.15, 0.2) is 28.8 Å². The third-order valence-electron chi connectivity index (χ3n) is 4.39. The van der Waals surface area contributed by atoms with E-state index in [-0.39, 0.29) is 11.7 Å². The Morgan fingerprint density at radius 1 is 1.20 bits per heavy atom. The van der Waals surface area contributed by atoms with Crippen molar-refractivity contribution in [3.63, 3.8) is 0 Å². The summed E-state index contributed by atoms with van der Waals surface area (Å²) < 4.78 is 18.2. The van der Waals surface area contributed by atoms with E-state index < -0.39 is 0 Å². The van der Waals surface area contributed by atoms with Crippen LogP contribution in [0.25, 0.3) is 11.4 Å². The molecule has 0 atom stereocenters. The molecule has 1 saturated heterocycles. The Bertz CT molecular complexity index is 693. The SMILES string of the molecule is CCCN1CCN(C(=O)CCc2nc(-c3ccc(F)cc3)no2)CC1. The minimum atomic E-state index is -0.308. The van der Waals surface area contributed by atoms with Gasteiger partial charge in [0, 0.05) is 44.6 Å². The first kappa shape index (κ1) is 17.5. The van der Waals surface area contributed by atoms with E-state index in [9.17, 15) is 9.18 Å². The van der Waals surface area contributed by atoms with Crippen molar-refractivity contribution >= 4 is 5.91 Å². The van der Waals surface area contributed by atoms with E-state index in [0.717, 1.165) is 39.1 Å². The van der Waals surface area contributed by atoms with Gasteiger partial charge in [0.2, 0.25) is 17.6 Å². The topological polar surface area (TPSA) is 62.5 Å². The highest BCUT2D eigenvalue weighted by Crippen LogP contribution is 2.17. The summed E-state index contributed by atoms with van der Waals surface area (Å²) in [4.78, 5) is 20.9. The summed E-state index contributed by atoms with van der Waals surface area (Å²) in [5, 5.41) is 3.90. The number of hydrogen-bond donors (Lipinski definition) is 0. The number of aromatic nitrogens is 2. The lowest BCUT2D eigenvalue weighted by Gasteiger charge is -2.34. The predicted octanol–water partition coefficient (Wildman–Crippen LogP) is 2.36. The van der Waals surface area contributed by atoms with Crippen molar-refractivity contribution in [3.05, 3.63) is 36.0 Å². The molecule has 0 N–H and O–H groups in total. The van der Waals surface area contributed by atoms with Gasteiger partial charge in [-0.05, 0) is 37.2 Å². The normalized spacial score (nSPS) is 15.5. The third kappa shape index (κ3) is 4.63. The number of rotatable bonds is 6. The van der Waals surface area contributed by atoms with Crippen molar-refractivity contribution in [2.45, 2.75) is 26.2 Å². The molecule has 2 aromatic rings. The van der Waals surface area contributed by atoms with Gasteiger partial charge < -0.3 is 9.42 Å². The van der Waals surface area contributed by atoms with Crippen molar-refractivity contribution in [2.24, 2.45) is 0 Å². The first-order chi connectivity index (χ1) is 12.2. The van der Waals surface area contributed by atoms with Crippen LogP contribution in [0.4, 0.5) is 4.39 Å². The van der Waals surface area contributed by atoms with Gasteiger partial charge >= 0.3 is 0 Å². The Kier molecular flexibility index (Phi) is 5.75. The van der Waals surface area contributed by atoms with Crippen LogP contribution in [0.1, 0.15) is 25.7 Å². The molecule has 0 saturated carbocycles. The lowest BCUT2D eigenvalue weighted by Crippen LogP contribution is -2.48.